The first-order chi connectivity index (χ1) is 11.3. The zero-order valence-electron chi connectivity index (χ0n) is 12.9. The number of benzene rings is 2. The summed E-state index contributed by atoms with van der Waals surface area (Å²) in [5, 5.41) is 3.70. The Morgan fingerprint density at radius 2 is 1.78 bits per heavy atom. The van der Waals surface area contributed by atoms with Crippen molar-refractivity contribution in [3.05, 3.63) is 82.1 Å². The Morgan fingerprint density at radius 3 is 2.57 bits per heavy atom. The van der Waals surface area contributed by atoms with E-state index in [1.807, 2.05) is 0 Å². The van der Waals surface area contributed by atoms with Gasteiger partial charge in [-0.2, -0.15) is 0 Å². The van der Waals surface area contributed by atoms with Crippen LogP contribution in [0.5, 0.6) is 0 Å². The molecule has 0 bridgehead atoms. The summed E-state index contributed by atoms with van der Waals surface area (Å²) in [6.07, 6.45) is 4.26. The van der Waals surface area contributed by atoms with Crippen molar-refractivity contribution in [2.45, 2.75) is 18.9 Å². The molecule has 0 saturated heterocycles. The van der Waals surface area contributed by atoms with Gasteiger partial charge in [-0.3, -0.25) is 0 Å². The smallest absolute Gasteiger partial charge is 0.0385 e. The first-order valence-electron chi connectivity index (χ1n) is 8.04. The summed E-state index contributed by atoms with van der Waals surface area (Å²) in [6.45, 7) is 1.03. The largest absolute Gasteiger partial charge is 0.364 e. The Labute approximate surface area is 145 Å². The van der Waals surface area contributed by atoms with Crippen molar-refractivity contribution < 1.29 is 0 Å². The lowest BCUT2D eigenvalue weighted by atomic mass is 9.90. The number of hydrogen-bond acceptors (Lipinski definition) is 1. The van der Waals surface area contributed by atoms with E-state index in [0.717, 1.165) is 23.9 Å². The standard InChI is InChI=1S/C20H19BrN2/c21-16-8-6-15(7-9-16)17-13-23-18-10-11-22-19(20(17)18)12-14-4-2-1-3-5-14/h1-9,13,19,22-23H,10-12H2. The molecule has 3 aromatic rings. The molecule has 0 spiro atoms. The lowest BCUT2D eigenvalue weighted by Crippen LogP contribution is -2.31. The Balaban J connectivity index is 1.72. The molecule has 1 atom stereocenters. The van der Waals surface area contributed by atoms with E-state index in [9.17, 15) is 0 Å². The Bertz CT molecular complexity index is 790. The van der Waals surface area contributed by atoms with Crippen LogP contribution in [0.2, 0.25) is 0 Å². The second-order valence-corrected chi connectivity index (χ2v) is 6.96. The number of halogens is 1. The molecule has 1 aliphatic heterocycles. The zero-order chi connectivity index (χ0) is 15.6. The monoisotopic (exact) mass is 366 g/mol. The van der Waals surface area contributed by atoms with Gasteiger partial charge in [-0.15, -0.1) is 0 Å². The van der Waals surface area contributed by atoms with Crippen LogP contribution in [-0.2, 0) is 12.8 Å². The molecule has 0 amide bonds. The second kappa shape index (κ2) is 6.34. The van der Waals surface area contributed by atoms with E-state index in [0.29, 0.717) is 6.04 Å². The van der Waals surface area contributed by atoms with E-state index >= 15 is 0 Å². The van der Waals surface area contributed by atoms with Crippen LogP contribution in [0.15, 0.2) is 65.3 Å². The van der Waals surface area contributed by atoms with Crippen molar-refractivity contribution >= 4 is 15.9 Å². The molecular formula is C20H19BrN2. The summed E-state index contributed by atoms with van der Waals surface area (Å²) >= 11 is 3.52. The van der Waals surface area contributed by atoms with Gasteiger partial charge in [-0.05, 0) is 35.2 Å². The summed E-state index contributed by atoms with van der Waals surface area (Å²) in [6, 6.07) is 19.7. The number of aromatic amines is 1. The highest BCUT2D eigenvalue weighted by molar-refractivity contribution is 9.10. The van der Waals surface area contributed by atoms with Gasteiger partial charge >= 0.3 is 0 Å². The molecule has 2 N–H and O–H groups in total. The van der Waals surface area contributed by atoms with Crippen LogP contribution in [0.3, 0.4) is 0 Å². The molecule has 1 aromatic heterocycles. The lowest BCUT2D eigenvalue weighted by Gasteiger charge is -2.26. The van der Waals surface area contributed by atoms with Crippen molar-refractivity contribution in [3.63, 3.8) is 0 Å². The van der Waals surface area contributed by atoms with Gasteiger partial charge in [0, 0.05) is 40.9 Å². The highest BCUT2D eigenvalue weighted by Crippen LogP contribution is 2.35. The molecular weight excluding hydrogens is 348 g/mol. The van der Waals surface area contributed by atoms with E-state index in [4.69, 9.17) is 0 Å². The van der Waals surface area contributed by atoms with Gasteiger partial charge in [-0.25, -0.2) is 0 Å². The minimum Gasteiger partial charge on any atom is -0.364 e. The van der Waals surface area contributed by atoms with E-state index in [2.05, 4.69) is 87.0 Å². The van der Waals surface area contributed by atoms with Crippen molar-refractivity contribution in [3.8, 4) is 11.1 Å². The second-order valence-electron chi connectivity index (χ2n) is 6.05. The third kappa shape index (κ3) is 2.99. The topological polar surface area (TPSA) is 27.8 Å². The summed E-state index contributed by atoms with van der Waals surface area (Å²) < 4.78 is 1.12. The quantitative estimate of drug-likeness (QED) is 0.679. The van der Waals surface area contributed by atoms with Crippen LogP contribution >= 0.6 is 15.9 Å². The predicted molar refractivity (Wildman–Crippen MR) is 98.5 cm³/mol. The normalized spacial score (nSPS) is 17.0. The van der Waals surface area contributed by atoms with Crippen LogP contribution in [0.1, 0.15) is 22.9 Å². The third-order valence-corrected chi connectivity index (χ3v) is 5.09. The first kappa shape index (κ1) is 14.7. The van der Waals surface area contributed by atoms with Gasteiger partial charge in [-0.1, -0.05) is 58.4 Å². The SMILES string of the molecule is Brc1ccc(-c2c[nH]c3c2C(Cc2ccccc2)NCC3)cc1. The molecule has 2 aromatic carbocycles. The third-order valence-electron chi connectivity index (χ3n) is 4.56. The van der Waals surface area contributed by atoms with Gasteiger partial charge in [0.2, 0.25) is 0 Å². The Kier molecular flexibility index (Phi) is 4.06. The molecule has 1 unspecified atom stereocenters. The molecule has 4 rings (SSSR count). The Morgan fingerprint density at radius 1 is 1.00 bits per heavy atom. The number of nitrogens with one attached hydrogen (secondary N) is 2. The maximum absolute atomic E-state index is 3.70. The van der Waals surface area contributed by atoms with E-state index in [1.54, 1.807) is 0 Å². The average molecular weight is 367 g/mol. The zero-order valence-corrected chi connectivity index (χ0v) is 14.4. The highest BCUT2D eigenvalue weighted by atomic mass is 79.9. The highest BCUT2D eigenvalue weighted by Gasteiger charge is 2.25. The van der Waals surface area contributed by atoms with Crippen LogP contribution in [0.4, 0.5) is 0 Å². The van der Waals surface area contributed by atoms with Crippen molar-refractivity contribution in [2.24, 2.45) is 0 Å². The molecule has 2 nitrogen and oxygen atoms in total. The van der Waals surface area contributed by atoms with E-state index in [-0.39, 0.29) is 0 Å². The Hall–Kier alpha value is -1.84. The van der Waals surface area contributed by atoms with Crippen molar-refractivity contribution in [1.29, 1.82) is 0 Å². The fraction of sp³-hybridized carbons (Fsp3) is 0.200. The number of H-pyrrole nitrogens is 1. The van der Waals surface area contributed by atoms with Crippen LogP contribution in [-0.4, -0.2) is 11.5 Å². The summed E-state index contributed by atoms with van der Waals surface area (Å²) in [5.74, 6) is 0. The lowest BCUT2D eigenvalue weighted by molar-refractivity contribution is 0.501. The van der Waals surface area contributed by atoms with Gasteiger partial charge in [0.25, 0.3) is 0 Å². The number of fused-ring (bicyclic) bond motifs is 1. The minimum absolute atomic E-state index is 0.367. The molecule has 2 heterocycles. The summed E-state index contributed by atoms with van der Waals surface area (Å²) in [7, 11) is 0. The summed E-state index contributed by atoms with van der Waals surface area (Å²) in [5.41, 5.74) is 6.78. The van der Waals surface area contributed by atoms with E-state index in [1.165, 1.54) is 27.9 Å². The fourth-order valence-corrected chi connectivity index (χ4v) is 3.71. The van der Waals surface area contributed by atoms with Gasteiger partial charge in [0.15, 0.2) is 0 Å². The summed E-state index contributed by atoms with van der Waals surface area (Å²) in [4.78, 5) is 3.50. The maximum atomic E-state index is 3.70. The van der Waals surface area contributed by atoms with Crippen molar-refractivity contribution in [2.75, 3.05) is 6.54 Å². The number of rotatable bonds is 3. The van der Waals surface area contributed by atoms with Crippen LogP contribution < -0.4 is 5.32 Å². The van der Waals surface area contributed by atoms with E-state index < -0.39 is 0 Å². The van der Waals surface area contributed by atoms with Crippen LogP contribution in [0.25, 0.3) is 11.1 Å². The minimum atomic E-state index is 0.367. The molecule has 116 valence electrons. The van der Waals surface area contributed by atoms with Gasteiger partial charge in [0.05, 0.1) is 0 Å². The van der Waals surface area contributed by atoms with Gasteiger partial charge < -0.3 is 10.3 Å². The molecule has 0 saturated carbocycles. The number of hydrogen-bond donors (Lipinski definition) is 2. The predicted octanol–water partition coefficient (Wildman–Crippen LogP) is 4.87. The number of aromatic nitrogens is 1. The molecule has 1 aliphatic rings. The molecule has 23 heavy (non-hydrogen) atoms. The maximum Gasteiger partial charge on any atom is 0.0385 e. The average Bonchev–Trinajstić information content (AvgIpc) is 3.02. The first-order valence-corrected chi connectivity index (χ1v) is 8.84. The molecule has 3 heteroatoms. The van der Waals surface area contributed by atoms with Gasteiger partial charge in [0.1, 0.15) is 0 Å². The fourth-order valence-electron chi connectivity index (χ4n) is 3.45. The molecule has 0 fully saturated rings. The molecule has 0 aliphatic carbocycles. The van der Waals surface area contributed by atoms with Crippen LogP contribution in [0, 0.1) is 0 Å². The van der Waals surface area contributed by atoms with Crippen molar-refractivity contribution in [1.82, 2.24) is 10.3 Å². The molecule has 0 radical (unpaired) electrons.